The van der Waals surface area contributed by atoms with Gasteiger partial charge in [-0.25, -0.2) is 18.4 Å². The van der Waals surface area contributed by atoms with Crippen molar-refractivity contribution in [1.82, 2.24) is 15.0 Å². The summed E-state index contributed by atoms with van der Waals surface area (Å²) >= 11 is 11.8. The highest BCUT2D eigenvalue weighted by Gasteiger charge is 2.12. The Kier molecular flexibility index (Phi) is 3.39. The van der Waals surface area contributed by atoms with E-state index >= 15 is 0 Å². The van der Waals surface area contributed by atoms with Gasteiger partial charge in [-0.15, -0.1) is 0 Å². The molecule has 5 nitrogen and oxygen atoms in total. The lowest BCUT2D eigenvalue weighted by Gasteiger charge is -2.00. The number of pyridine rings is 1. The Morgan fingerprint density at radius 3 is 2.62 bits per heavy atom. The van der Waals surface area contributed by atoms with Crippen LogP contribution in [0.25, 0.3) is 22.6 Å². The lowest BCUT2D eigenvalue weighted by molar-refractivity contribution is 0.602. The number of nitrogens with zero attached hydrogens (tertiary/aromatic N) is 2. The number of H-pyrrole nitrogens is 1. The average Bonchev–Trinajstić information content (AvgIpc) is 2.81. The van der Waals surface area contributed by atoms with Crippen LogP contribution in [0.2, 0.25) is 10.2 Å². The molecule has 0 saturated carbocycles. The number of benzene rings is 1. The number of hydrogen-bond donors (Lipinski definition) is 1. The average molecular weight is 342 g/mol. The molecule has 0 radical (unpaired) electrons. The third-order valence-electron chi connectivity index (χ3n) is 2.92. The van der Waals surface area contributed by atoms with Crippen LogP contribution < -0.4 is 0 Å². The zero-order chi connectivity index (χ0) is 15.2. The van der Waals surface area contributed by atoms with Crippen LogP contribution in [-0.2, 0) is 9.84 Å². The topological polar surface area (TPSA) is 75.7 Å². The Bertz CT molecular complexity index is 912. The Morgan fingerprint density at radius 1 is 1.14 bits per heavy atom. The summed E-state index contributed by atoms with van der Waals surface area (Å²) < 4.78 is 23.2. The Balaban J connectivity index is 2.17. The molecule has 0 fully saturated rings. The van der Waals surface area contributed by atoms with E-state index in [0.717, 1.165) is 6.26 Å². The highest BCUT2D eigenvalue weighted by atomic mass is 35.5. The predicted octanol–water partition coefficient (Wildman–Crippen LogP) is 3.34. The first-order valence-corrected chi connectivity index (χ1v) is 8.51. The molecule has 3 aromatic rings. The van der Waals surface area contributed by atoms with Crippen molar-refractivity contribution in [1.29, 1.82) is 0 Å². The van der Waals surface area contributed by atoms with Gasteiger partial charge in [-0.3, -0.25) is 0 Å². The first-order chi connectivity index (χ1) is 9.84. The van der Waals surface area contributed by atoms with Gasteiger partial charge in [0.1, 0.15) is 11.0 Å². The van der Waals surface area contributed by atoms with E-state index in [0.29, 0.717) is 27.6 Å². The molecule has 21 heavy (non-hydrogen) atoms. The summed E-state index contributed by atoms with van der Waals surface area (Å²) in [6.07, 6.45) is 1.16. The molecule has 3 rings (SSSR count). The highest BCUT2D eigenvalue weighted by molar-refractivity contribution is 7.90. The molecule has 1 N–H and O–H groups in total. The zero-order valence-corrected chi connectivity index (χ0v) is 13.1. The Hall–Kier alpha value is -1.63. The van der Waals surface area contributed by atoms with Crippen molar-refractivity contribution in [3.8, 4) is 11.4 Å². The van der Waals surface area contributed by atoms with Crippen molar-refractivity contribution >= 4 is 44.2 Å². The number of rotatable bonds is 2. The normalized spacial score (nSPS) is 12.0. The monoisotopic (exact) mass is 341 g/mol. The summed E-state index contributed by atoms with van der Waals surface area (Å²) in [7, 11) is -3.28. The van der Waals surface area contributed by atoms with Gasteiger partial charge in [-0.1, -0.05) is 35.3 Å². The molecule has 2 aromatic heterocycles. The van der Waals surface area contributed by atoms with E-state index in [1.165, 1.54) is 6.07 Å². The predicted molar refractivity (Wildman–Crippen MR) is 82.5 cm³/mol. The summed E-state index contributed by atoms with van der Waals surface area (Å²) in [6, 6.07) is 8.13. The second-order valence-electron chi connectivity index (χ2n) is 4.52. The van der Waals surface area contributed by atoms with E-state index in [9.17, 15) is 8.42 Å². The van der Waals surface area contributed by atoms with Crippen LogP contribution in [0.15, 0.2) is 35.2 Å². The second-order valence-corrected chi connectivity index (χ2v) is 7.30. The van der Waals surface area contributed by atoms with E-state index in [-0.39, 0.29) is 10.0 Å². The first-order valence-electron chi connectivity index (χ1n) is 5.87. The fourth-order valence-corrected chi connectivity index (χ4v) is 2.86. The van der Waals surface area contributed by atoms with Crippen LogP contribution in [0, 0.1) is 0 Å². The summed E-state index contributed by atoms with van der Waals surface area (Å²) in [5.74, 6) is 0.501. The van der Waals surface area contributed by atoms with Crippen molar-refractivity contribution in [3.05, 3.63) is 40.5 Å². The molecule has 0 atom stereocenters. The molecule has 1 aromatic carbocycles. The zero-order valence-electron chi connectivity index (χ0n) is 10.8. The number of aromatic nitrogens is 3. The van der Waals surface area contributed by atoms with Gasteiger partial charge in [0.05, 0.1) is 15.4 Å². The van der Waals surface area contributed by atoms with Gasteiger partial charge in [-0.05, 0) is 18.2 Å². The number of hydrogen-bond acceptors (Lipinski definition) is 4. The van der Waals surface area contributed by atoms with E-state index in [1.54, 1.807) is 24.3 Å². The number of imidazole rings is 1. The van der Waals surface area contributed by atoms with Crippen LogP contribution in [0.3, 0.4) is 0 Å². The summed E-state index contributed by atoms with van der Waals surface area (Å²) in [4.78, 5) is 11.6. The maximum Gasteiger partial charge on any atom is 0.179 e. The van der Waals surface area contributed by atoms with Crippen LogP contribution in [0.1, 0.15) is 0 Å². The second kappa shape index (κ2) is 4.98. The molecule has 0 aliphatic heterocycles. The smallest absolute Gasteiger partial charge is 0.179 e. The summed E-state index contributed by atoms with van der Waals surface area (Å²) in [6.45, 7) is 0. The van der Waals surface area contributed by atoms with E-state index in [1.807, 2.05) is 0 Å². The van der Waals surface area contributed by atoms with Crippen LogP contribution in [-0.4, -0.2) is 29.6 Å². The summed E-state index contributed by atoms with van der Waals surface area (Å²) in [5, 5.41) is 0.497. The number of halogens is 2. The number of nitrogens with one attached hydrogen (secondary N) is 1. The molecule has 0 unspecified atom stereocenters. The maximum atomic E-state index is 11.6. The van der Waals surface area contributed by atoms with Crippen molar-refractivity contribution in [2.45, 2.75) is 4.90 Å². The fraction of sp³-hybridized carbons (Fsp3) is 0.0769. The minimum absolute atomic E-state index is 0.173. The number of sulfone groups is 1. The van der Waals surface area contributed by atoms with Gasteiger partial charge in [0, 0.05) is 11.8 Å². The molecule has 0 saturated heterocycles. The van der Waals surface area contributed by atoms with E-state index < -0.39 is 9.84 Å². The molecule has 2 heterocycles. The first kappa shape index (κ1) is 14.3. The van der Waals surface area contributed by atoms with E-state index in [4.69, 9.17) is 23.2 Å². The van der Waals surface area contributed by atoms with Crippen LogP contribution in [0.4, 0.5) is 0 Å². The minimum Gasteiger partial charge on any atom is -0.337 e. The number of aromatic amines is 1. The molecular formula is C13H9Cl2N3O2S. The Morgan fingerprint density at radius 2 is 1.90 bits per heavy atom. The maximum absolute atomic E-state index is 11.6. The van der Waals surface area contributed by atoms with Crippen molar-refractivity contribution in [2.24, 2.45) is 0 Å². The largest absolute Gasteiger partial charge is 0.337 e. The van der Waals surface area contributed by atoms with Gasteiger partial charge in [0.15, 0.2) is 15.5 Å². The molecule has 0 bridgehead atoms. The van der Waals surface area contributed by atoms with Gasteiger partial charge in [0.2, 0.25) is 0 Å². The molecule has 8 heteroatoms. The fourth-order valence-electron chi connectivity index (χ4n) is 1.91. The standard InChI is InChI=1S/C13H9Cl2N3O2S/c1-21(19,20)8-4-2-3-7(5-8)12-16-10-6-9(14)11(15)17-13(10)18-12/h2-6H,1H3,(H,16,17,18). The van der Waals surface area contributed by atoms with Crippen molar-refractivity contribution < 1.29 is 8.42 Å². The van der Waals surface area contributed by atoms with Gasteiger partial charge in [0.25, 0.3) is 0 Å². The highest BCUT2D eigenvalue weighted by Crippen LogP contribution is 2.26. The lowest BCUT2D eigenvalue weighted by Crippen LogP contribution is -1.97. The van der Waals surface area contributed by atoms with Crippen LogP contribution in [0.5, 0.6) is 0 Å². The van der Waals surface area contributed by atoms with Crippen molar-refractivity contribution in [2.75, 3.05) is 6.26 Å². The molecule has 0 spiro atoms. The van der Waals surface area contributed by atoms with Crippen LogP contribution >= 0.6 is 23.2 Å². The van der Waals surface area contributed by atoms with E-state index in [2.05, 4.69) is 15.0 Å². The molecule has 0 aliphatic carbocycles. The Labute approximate surface area is 130 Å². The third kappa shape index (κ3) is 2.74. The molecule has 0 aliphatic rings. The number of fused-ring (bicyclic) bond motifs is 1. The van der Waals surface area contributed by atoms with Gasteiger partial charge in [-0.2, -0.15) is 0 Å². The summed E-state index contributed by atoms with van der Waals surface area (Å²) in [5.41, 5.74) is 1.69. The lowest BCUT2D eigenvalue weighted by atomic mass is 10.2. The SMILES string of the molecule is CS(=O)(=O)c1cccc(-c2nc3nc(Cl)c(Cl)cc3[nH]2)c1. The van der Waals surface area contributed by atoms with Crippen molar-refractivity contribution in [3.63, 3.8) is 0 Å². The molecular weight excluding hydrogens is 333 g/mol. The quantitative estimate of drug-likeness (QED) is 0.725. The third-order valence-corrected chi connectivity index (χ3v) is 4.70. The van der Waals surface area contributed by atoms with Gasteiger partial charge < -0.3 is 4.98 Å². The minimum atomic E-state index is -3.28. The van der Waals surface area contributed by atoms with Gasteiger partial charge >= 0.3 is 0 Å². The molecule has 108 valence electrons. The molecule has 0 amide bonds.